The van der Waals surface area contributed by atoms with Gasteiger partial charge in [0.05, 0.1) is 16.0 Å². The van der Waals surface area contributed by atoms with Gasteiger partial charge in [0.15, 0.2) is 6.04 Å². The molecule has 0 bridgehead atoms. The minimum Gasteiger partial charge on any atom is -0.459 e. The van der Waals surface area contributed by atoms with E-state index in [2.05, 4.69) is 0 Å². The quantitative estimate of drug-likeness (QED) is 0.185. The summed E-state index contributed by atoms with van der Waals surface area (Å²) < 4.78 is 22.0. The largest absolute Gasteiger partial charge is 0.508 e. The summed E-state index contributed by atoms with van der Waals surface area (Å²) >= 11 is 0. The molecule has 14 nitrogen and oxygen atoms in total. The van der Waals surface area contributed by atoms with E-state index < -0.39 is 63.7 Å². The van der Waals surface area contributed by atoms with Crippen LogP contribution in [0.1, 0.15) is 38.8 Å². The van der Waals surface area contributed by atoms with Crippen LogP contribution in [0.15, 0.2) is 48.5 Å². The van der Waals surface area contributed by atoms with Crippen LogP contribution in [0.5, 0.6) is 0 Å². The van der Waals surface area contributed by atoms with Gasteiger partial charge in [0.2, 0.25) is 5.91 Å². The number of nitro benzene ring substituents is 2. The van der Waals surface area contributed by atoms with Gasteiger partial charge in [0, 0.05) is 24.3 Å². The first-order valence-electron chi connectivity index (χ1n) is 12.7. The number of amides is 1. The molecule has 14 heteroatoms. The van der Waals surface area contributed by atoms with Crippen LogP contribution in [-0.4, -0.2) is 57.3 Å². The van der Waals surface area contributed by atoms with E-state index in [0.717, 1.165) is 0 Å². The lowest BCUT2D eigenvalue weighted by Crippen LogP contribution is -2.66. The maximum Gasteiger partial charge on any atom is 0.508 e. The Balaban J connectivity index is 1.36. The number of ether oxygens (including phenoxy) is 4. The van der Waals surface area contributed by atoms with Crippen LogP contribution in [0.25, 0.3) is 0 Å². The number of rotatable bonds is 9. The van der Waals surface area contributed by atoms with Gasteiger partial charge in [-0.15, -0.1) is 0 Å². The minimum atomic E-state index is -1.04. The zero-order chi connectivity index (χ0) is 30.1. The monoisotopic (exact) mass is 571 g/mol. The highest BCUT2D eigenvalue weighted by molar-refractivity contribution is 5.92. The Bertz CT molecular complexity index is 1340. The lowest BCUT2D eigenvalue weighted by atomic mass is 9.83. The van der Waals surface area contributed by atoms with Crippen LogP contribution in [0.4, 0.5) is 16.2 Å². The molecule has 0 spiro atoms. The standard InChI is InChI=1S/C27H29N3O11/c1-15(40-26(33)39-14-17-7-11-19(12-8-17)30(36)37)20-23(31)28-21(22(27(2,3)4)41-24(20)28)25(32)38-13-16-5-9-18(10-6-16)29(34)35/h5-12,15,20-22,24H,13-14H2,1-4H3. The molecule has 0 N–H and O–H groups in total. The molecule has 0 aromatic heterocycles. The van der Waals surface area contributed by atoms with Crippen molar-refractivity contribution < 1.29 is 43.2 Å². The first kappa shape index (κ1) is 29.4. The molecule has 2 saturated heterocycles. The molecule has 0 radical (unpaired) electrons. The Hall–Kier alpha value is -4.59. The minimum absolute atomic E-state index is 0.0938. The van der Waals surface area contributed by atoms with E-state index in [9.17, 15) is 34.6 Å². The third kappa shape index (κ3) is 6.27. The fraction of sp³-hybridized carbons (Fsp3) is 0.444. The van der Waals surface area contributed by atoms with Crippen LogP contribution < -0.4 is 0 Å². The average Bonchev–Trinajstić information content (AvgIpc) is 3.27. The molecular weight excluding hydrogens is 542 g/mol. The number of β-lactam (4-membered cyclic amide) rings is 1. The number of hydrogen-bond donors (Lipinski definition) is 0. The summed E-state index contributed by atoms with van der Waals surface area (Å²) in [7, 11) is 0. The number of hydrogen-bond acceptors (Lipinski definition) is 11. The molecule has 2 heterocycles. The molecule has 41 heavy (non-hydrogen) atoms. The molecule has 1 amide bonds. The summed E-state index contributed by atoms with van der Waals surface area (Å²) in [6, 6.07) is 9.98. The van der Waals surface area contributed by atoms with E-state index >= 15 is 0 Å². The summed E-state index contributed by atoms with van der Waals surface area (Å²) in [6.07, 6.45) is -3.52. The molecular formula is C27H29N3O11. The molecule has 2 aromatic carbocycles. The highest BCUT2D eigenvalue weighted by atomic mass is 16.7. The second-order valence-electron chi connectivity index (χ2n) is 10.8. The van der Waals surface area contributed by atoms with Gasteiger partial charge >= 0.3 is 12.1 Å². The van der Waals surface area contributed by atoms with Gasteiger partial charge in [-0.2, -0.15) is 0 Å². The fourth-order valence-electron chi connectivity index (χ4n) is 4.74. The number of carbonyl (C=O) groups is 3. The van der Waals surface area contributed by atoms with Crippen molar-refractivity contribution >= 4 is 29.4 Å². The first-order chi connectivity index (χ1) is 19.3. The van der Waals surface area contributed by atoms with Crippen molar-refractivity contribution in [1.82, 2.24) is 4.90 Å². The van der Waals surface area contributed by atoms with E-state index in [0.29, 0.717) is 11.1 Å². The lowest BCUT2D eigenvalue weighted by Gasteiger charge is -2.44. The van der Waals surface area contributed by atoms with Gasteiger partial charge in [-0.25, -0.2) is 9.59 Å². The van der Waals surface area contributed by atoms with Crippen LogP contribution in [0.3, 0.4) is 0 Å². The molecule has 2 aliphatic rings. The van der Waals surface area contributed by atoms with Gasteiger partial charge in [0.1, 0.15) is 31.5 Å². The van der Waals surface area contributed by atoms with Crippen molar-refractivity contribution in [2.75, 3.05) is 0 Å². The average molecular weight is 572 g/mol. The third-order valence-electron chi connectivity index (χ3n) is 6.91. The molecule has 5 atom stereocenters. The molecule has 4 rings (SSSR count). The Kier molecular flexibility index (Phi) is 8.24. The Morgan fingerprint density at radius 1 is 0.927 bits per heavy atom. The van der Waals surface area contributed by atoms with Crippen molar-refractivity contribution in [2.24, 2.45) is 11.3 Å². The summed E-state index contributed by atoms with van der Waals surface area (Å²) in [5.74, 6) is -2.01. The number of benzene rings is 2. The van der Waals surface area contributed by atoms with Crippen molar-refractivity contribution in [3.63, 3.8) is 0 Å². The fourth-order valence-corrected chi connectivity index (χ4v) is 4.74. The summed E-state index contributed by atoms with van der Waals surface area (Å²) in [5, 5.41) is 21.6. The molecule has 0 aliphatic carbocycles. The van der Waals surface area contributed by atoms with Crippen LogP contribution in [0.2, 0.25) is 0 Å². The molecule has 2 aromatic rings. The first-order valence-corrected chi connectivity index (χ1v) is 12.7. The SMILES string of the molecule is CC(OC(=O)OCc1ccc([N+](=O)[O-])cc1)C1C(=O)N2C1OC(C(C)(C)C)C2C(=O)OCc1ccc([N+](=O)[O-])cc1. The summed E-state index contributed by atoms with van der Waals surface area (Å²) in [5.41, 5.74) is 0.287. The van der Waals surface area contributed by atoms with Crippen molar-refractivity contribution in [3.05, 3.63) is 79.9 Å². The number of non-ortho nitro benzene ring substituents is 2. The zero-order valence-electron chi connectivity index (χ0n) is 22.8. The van der Waals surface area contributed by atoms with Crippen LogP contribution in [-0.2, 0) is 41.8 Å². The lowest BCUT2D eigenvalue weighted by molar-refractivity contribution is -0.385. The number of fused-ring (bicyclic) bond motifs is 1. The molecule has 2 fully saturated rings. The van der Waals surface area contributed by atoms with E-state index in [1.807, 2.05) is 20.8 Å². The van der Waals surface area contributed by atoms with Crippen LogP contribution >= 0.6 is 0 Å². The zero-order valence-corrected chi connectivity index (χ0v) is 22.8. The molecule has 0 saturated carbocycles. The van der Waals surface area contributed by atoms with Crippen molar-refractivity contribution in [3.8, 4) is 0 Å². The van der Waals surface area contributed by atoms with Gasteiger partial charge in [-0.05, 0) is 47.7 Å². The Morgan fingerprint density at radius 2 is 1.41 bits per heavy atom. The smallest absolute Gasteiger partial charge is 0.459 e. The number of nitrogens with zero attached hydrogens (tertiary/aromatic N) is 3. The number of carbonyl (C=O) groups excluding carboxylic acids is 3. The van der Waals surface area contributed by atoms with E-state index in [4.69, 9.17) is 18.9 Å². The summed E-state index contributed by atoms with van der Waals surface area (Å²) in [6.45, 7) is 6.74. The predicted molar refractivity (Wildman–Crippen MR) is 139 cm³/mol. The Morgan fingerprint density at radius 3 is 1.88 bits per heavy atom. The van der Waals surface area contributed by atoms with E-state index in [1.165, 1.54) is 60.4 Å². The van der Waals surface area contributed by atoms with Gasteiger partial charge < -0.3 is 18.9 Å². The van der Waals surface area contributed by atoms with Crippen molar-refractivity contribution in [1.29, 1.82) is 0 Å². The maximum atomic E-state index is 13.2. The highest BCUT2D eigenvalue weighted by Crippen LogP contribution is 2.46. The van der Waals surface area contributed by atoms with Crippen molar-refractivity contribution in [2.45, 2.75) is 65.4 Å². The number of nitro groups is 2. The summed E-state index contributed by atoms with van der Waals surface area (Å²) in [4.78, 5) is 60.5. The second kappa shape index (κ2) is 11.5. The van der Waals surface area contributed by atoms with E-state index in [-0.39, 0.29) is 24.6 Å². The second-order valence-corrected chi connectivity index (χ2v) is 10.8. The van der Waals surface area contributed by atoms with Gasteiger partial charge in [-0.3, -0.25) is 29.9 Å². The maximum absolute atomic E-state index is 13.2. The molecule has 218 valence electrons. The Labute approximate surface area is 234 Å². The van der Waals surface area contributed by atoms with Crippen LogP contribution in [0, 0.1) is 31.6 Å². The highest BCUT2D eigenvalue weighted by Gasteiger charge is 2.65. The van der Waals surface area contributed by atoms with Gasteiger partial charge in [-0.1, -0.05) is 20.8 Å². The predicted octanol–water partition coefficient (Wildman–Crippen LogP) is 3.89. The van der Waals surface area contributed by atoms with Gasteiger partial charge in [0.25, 0.3) is 11.4 Å². The third-order valence-corrected chi connectivity index (χ3v) is 6.91. The molecule has 2 aliphatic heterocycles. The van der Waals surface area contributed by atoms with E-state index in [1.54, 1.807) is 0 Å². The topological polar surface area (TPSA) is 178 Å². The normalized spacial score (nSPS) is 22.2. The molecule has 5 unspecified atom stereocenters. The number of esters is 1.